The van der Waals surface area contributed by atoms with Crippen molar-refractivity contribution in [3.63, 3.8) is 0 Å². The van der Waals surface area contributed by atoms with E-state index in [1.54, 1.807) is 13.0 Å². The maximum absolute atomic E-state index is 12.3. The van der Waals surface area contributed by atoms with Crippen molar-refractivity contribution in [2.24, 2.45) is 0 Å². The molecule has 2 aromatic heterocycles. The zero-order chi connectivity index (χ0) is 18.8. The molecule has 0 unspecified atom stereocenters. The quantitative estimate of drug-likeness (QED) is 0.548. The predicted octanol–water partition coefficient (Wildman–Crippen LogP) is 2.69. The molecule has 4 aromatic rings. The minimum Gasteiger partial charge on any atom is -0.336 e. The lowest BCUT2D eigenvalue weighted by atomic mass is 10.0. The molecular formula is C20H16N4O3. The fourth-order valence-corrected chi connectivity index (χ4v) is 2.93. The third-order valence-electron chi connectivity index (χ3n) is 4.32. The lowest BCUT2D eigenvalue weighted by molar-refractivity contribution is -0.121. The van der Waals surface area contributed by atoms with Crippen molar-refractivity contribution in [2.75, 3.05) is 0 Å². The molecule has 0 saturated heterocycles. The second-order valence-corrected chi connectivity index (χ2v) is 6.16. The summed E-state index contributed by atoms with van der Waals surface area (Å²) in [4.78, 5) is 28.6. The predicted molar refractivity (Wildman–Crippen MR) is 99.8 cm³/mol. The van der Waals surface area contributed by atoms with Gasteiger partial charge in [0.1, 0.15) is 0 Å². The van der Waals surface area contributed by atoms with Crippen LogP contribution in [0.15, 0.2) is 59.3 Å². The minimum absolute atomic E-state index is 0.156. The number of hydrogen-bond donors (Lipinski definition) is 2. The number of carbonyl (C=O) groups excluding carboxylic acids is 2. The fourth-order valence-electron chi connectivity index (χ4n) is 2.93. The number of carbonyl (C=O) groups is 2. The van der Waals surface area contributed by atoms with Crippen LogP contribution in [0.1, 0.15) is 21.6 Å². The summed E-state index contributed by atoms with van der Waals surface area (Å²) >= 11 is 0. The number of amides is 2. The number of pyridine rings is 1. The highest BCUT2D eigenvalue weighted by molar-refractivity contribution is 5.98. The first kappa shape index (κ1) is 16.7. The van der Waals surface area contributed by atoms with E-state index in [0.717, 1.165) is 16.3 Å². The van der Waals surface area contributed by atoms with Gasteiger partial charge in [0.15, 0.2) is 0 Å². The van der Waals surface area contributed by atoms with Gasteiger partial charge in [0.05, 0.1) is 23.1 Å². The molecule has 0 aliphatic heterocycles. The van der Waals surface area contributed by atoms with E-state index < -0.39 is 5.91 Å². The Balaban J connectivity index is 1.43. The van der Waals surface area contributed by atoms with Crippen molar-refractivity contribution in [1.29, 1.82) is 0 Å². The van der Waals surface area contributed by atoms with Gasteiger partial charge in [-0.15, -0.1) is 0 Å². The first-order valence-electron chi connectivity index (χ1n) is 8.39. The van der Waals surface area contributed by atoms with Crippen molar-refractivity contribution >= 4 is 33.7 Å². The molecule has 7 heteroatoms. The lowest BCUT2D eigenvalue weighted by Gasteiger charge is -2.09. The van der Waals surface area contributed by atoms with E-state index in [-0.39, 0.29) is 12.3 Å². The van der Waals surface area contributed by atoms with Crippen LogP contribution < -0.4 is 10.9 Å². The number of hydrazine groups is 1. The van der Waals surface area contributed by atoms with Crippen molar-refractivity contribution < 1.29 is 14.1 Å². The van der Waals surface area contributed by atoms with Crippen molar-refractivity contribution in [1.82, 2.24) is 21.0 Å². The summed E-state index contributed by atoms with van der Waals surface area (Å²) < 4.78 is 5.02. The van der Waals surface area contributed by atoms with Crippen LogP contribution in [0.2, 0.25) is 0 Å². The van der Waals surface area contributed by atoms with Gasteiger partial charge in [-0.05, 0) is 29.3 Å². The van der Waals surface area contributed by atoms with Gasteiger partial charge in [0.25, 0.3) is 11.6 Å². The van der Waals surface area contributed by atoms with Gasteiger partial charge >= 0.3 is 0 Å². The Morgan fingerprint density at radius 1 is 1.04 bits per heavy atom. The molecule has 0 aliphatic rings. The zero-order valence-corrected chi connectivity index (χ0v) is 14.5. The first-order chi connectivity index (χ1) is 13.1. The normalized spacial score (nSPS) is 10.9. The number of nitrogens with one attached hydrogen (secondary N) is 2. The molecule has 2 N–H and O–H groups in total. The Hall–Kier alpha value is -3.74. The molecule has 0 radical (unpaired) electrons. The topological polar surface area (TPSA) is 97.1 Å². The van der Waals surface area contributed by atoms with E-state index >= 15 is 0 Å². The summed E-state index contributed by atoms with van der Waals surface area (Å²) in [6, 6.07) is 15.3. The van der Waals surface area contributed by atoms with Crippen molar-refractivity contribution in [2.45, 2.75) is 13.3 Å². The smallest absolute Gasteiger partial charge is 0.271 e. The maximum Gasteiger partial charge on any atom is 0.271 e. The SMILES string of the molecule is Cc1noc2ncc(C(=O)NNC(=O)Cc3cccc4ccccc34)cc12. The van der Waals surface area contributed by atoms with E-state index in [9.17, 15) is 9.59 Å². The van der Waals surface area contributed by atoms with Crippen LogP contribution in [-0.4, -0.2) is 22.0 Å². The van der Waals surface area contributed by atoms with E-state index in [0.29, 0.717) is 22.4 Å². The van der Waals surface area contributed by atoms with Gasteiger partial charge in [-0.3, -0.25) is 20.4 Å². The number of fused-ring (bicyclic) bond motifs is 2. The van der Waals surface area contributed by atoms with Crippen molar-refractivity contribution in [3.05, 3.63) is 71.5 Å². The van der Waals surface area contributed by atoms with Crippen LogP contribution >= 0.6 is 0 Å². The standard InChI is InChI=1S/C20H16N4O3/c1-12-17-9-15(11-21-20(17)27-24-12)19(26)23-22-18(25)10-14-7-4-6-13-5-2-3-8-16(13)14/h2-9,11H,10H2,1H3,(H,22,25)(H,23,26). The zero-order valence-electron chi connectivity index (χ0n) is 14.5. The largest absolute Gasteiger partial charge is 0.336 e. The highest BCUT2D eigenvalue weighted by Gasteiger charge is 2.13. The summed E-state index contributed by atoms with van der Waals surface area (Å²) in [5.74, 6) is -0.772. The van der Waals surface area contributed by atoms with Gasteiger partial charge in [-0.1, -0.05) is 47.6 Å². The molecule has 2 heterocycles. The van der Waals surface area contributed by atoms with Gasteiger partial charge in [-0.2, -0.15) is 0 Å². The van der Waals surface area contributed by atoms with Gasteiger partial charge < -0.3 is 4.52 Å². The van der Waals surface area contributed by atoms with Gasteiger partial charge in [0.2, 0.25) is 5.91 Å². The van der Waals surface area contributed by atoms with Crippen LogP contribution in [0.3, 0.4) is 0 Å². The van der Waals surface area contributed by atoms with Crippen molar-refractivity contribution in [3.8, 4) is 0 Å². The Kier molecular flexibility index (Phi) is 4.25. The Morgan fingerprint density at radius 2 is 1.85 bits per heavy atom. The van der Waals surface area contributed by atoms with E-state index in [4.69, 9.17) is 4.52 Å². The van der Waals surface area contributed by atoms with Crippen LogP contribution in [0.4, 0.5) is 0 Å². The monoisotopic (exact) mass is 360 g/mol. The maximum atomic E-state index is 12.3. The average Bonchev–Trinajstić information content (AvgIpc) is 3.07. The molecule has 0 bridgehead atoms. The summed E-state index contributed by atoms with van der Waals surface area (Å²) in [5.41, 5.74) is 7.07. The third-order valence-corrected chi connectivity index (χ3v) is 4.32. The summed E-state index contributed by atoms with van der Waals surface area (Å²) in [5, 5.41) is 6.54. The second kappa shape index (κ2) is 6.87. The number of benzene rings is 2. The lowest BCUT2D eigenvalue weighted by Crippen LogP contribution is -2.42. The number of aromatic nitrogens is 2. The molecule has 0 atom stereocenters. The molecule has 27 heavy (non-hydrogen) atoms. The average molecular weight is 360 g/mol. The molecule has 0 spiro atoms. The van der Waals surface area contributed by atoms with Gasteiger partial charge in [0, 0.05) is 6.20 Å². The molecule has 2 amide bonds. The first-order valence-corrected chi connectivity index (χ1v) is 8.39. The minimum atomic E-state index is -0.462. The number of hydrogen-bond acceptors (Lipinski definition) is 5. The molecule has 7 nitrogen and oxygen atoms in total. The second-order valence-electron chi connectivity index (χ2n) is 6.16. The summed E-state index contributed by atoms with van der Waals surface area (Å²) in [6.45, 7) is 1.77. The Bertz CT molecular complexity index is 1160. The third kappa shape index (κ3) is 3.35. The molecule has 0 aliphatic carbocycles. The van der Waals surface area contributed by atoms with E-state index in [1.165, 1.54) is 6.20 Å². The fraction of sp³-hybridized carbons (Fsp3) is 0.100. The molecule has 0 saturated carbocycles. The molecule has 134 valence electrons. The molecule has 2 aromatic carbocycles. The van der Waals surface area contributed by atoms with Crippen LogP contribution in [0.5, 0.6) is 0 Å². The van der Waals surface area contributed by atoms with E-state index in [1.807, 2.05) is 42.5 Å². The molecular weight excluding hydrogens is 344 g/mol. The van der Waals surface area contributed by atoms with Crippen LogP contribution in [0, 0.1) is 6.92 Å². The number of rotatable bonds is 3. The molecule has 0 fully saturated rings. The Morgan fingerprint density at radius 3 is 2.74 bits per heavy atom. The summed E-state index contributed by atoms with van der Waals surface area (Å²) in [6.07, 6.45) is 1.53. The van der Waals surface area contributed by atoms with Crippen LogP contribution in [-0.2, 0) is 11.2 Å². The van der Waals surface area contributed by atoms with Crippen LogP contribution in [0.25, 0.3) is 21.9 Å². The summed E-state index contributed by atoms with van der Waals surface area (Å²) in [7, 11) is 0. The number of nitrogens with zero attached hydrogens (tertiary/aromatic N) is 2. The highest BCUT2D eigenvalue weighted by atomic mass is 16.5. The Labute approximate surface area is 154 Å². The number of aryl methyl sites for hydroxylation is 1. The van der Waals surface area contributed by atoms with E-state index in [2.05, 4.69) is 21.0 Å². The molecule has 4 rings (SSSR count). The highest BCUT2D eigenvalue weighted by Crippen LogP contribution is 2.19. The van der Waals surface area contributed by atoms with Gasteiger partial charge in [-0.25, -0.2) is 4.98 Å².